The number of carbonyl (C=O) groups is 2. The number of fused-ring (bicyclic) bond motifs is 1. The molecule has 0 atom stereocenters. The van der Waals surface area contributed by atoms with Gasteiger partial charge in [-0.25, -0.2) is 0 Å². The fourth-order valence-electron chi connectivity index (χ4n) is 2.33. The zero-order valence-corrected chi connectivity index (χ0v) is 13.5. The maximum atomic E-state index is 12.8. The van der Waals surface area contributed by atoms with Crippen LogP contribution in [0.2, 0.25) is 10.0 Å². The minimum Gasteiger partial charge on any atom is -0.424 e. The molecule has 0 saturated carbocycles. The molecule has 0 radical (unpaired) electrons. The van der Waals surface area contributed by atoms with Crippen molar-refractivity contribution in [2.75, 3.05) is 0 Å². The number of aromatic nitrogens is 1. The van der Waals surface area contributed by atoms with Gasteiger partial charge >= 0.3 is 5.97 Å². The Kier molecular flexibility index (Phi) is 4.11. The molecule has 0 aliphatic heterocycles. The summed E-state index contributed by atoms with van der Waals surface area (Å²) in [6.45, 7) is 1.28. The molecule has 0 aliphatic rings. The molecule has 1 aromatic heterocycles. The molecule has 1 heterocycles. The number of ether oxygens (including phenoxy) is 1. The second-order valence-electron chi connectivity index (χ2n) is 4.92. The average Bonchev–Trinajstić information content (AvgIpc) is 2.84. The van der Waals surface area contributed by atoms with Crippen LogP contribution in [0.15, 0.2) is 42.5 Å². The lowest BCUT2D eigenvalue weighted by Gasteiger charge is -2.05. The van der Waals surface area contributed by atoms with E-state index in [0.717, 1.165) is 0 Å². The number of benzene rings is 2. The molecule has 0 spiro atoms. The van der Waals surface area contributed by atoms with Gasteiger partial charge < -0.3 is 9.72 Å². The van der Waals surface area contributed by atoms with E-state index in [1.54, 1.807) is 42.5 Å². The van der Waals surface area contributed by atoms with E-state index in [1.807, 2.05) is 0 Å². The zero-order valence-electron chi connectivity index (χ0n) is 12.0. The minimum atomic E-state index is -0.519. The van der Waals surface area contributed by atoms with Crippen LogP contribution in [0.25, 0.3) is 10.9 Å². The van der Waals surface area contributed by atoms with Crippen molar-refractivity contribution in [1.82, 2.24) is 4.98 Å². The molecular weight excluding hydrogens is 337 g/mol. The van der Waals surface area contributed by atoms with Crippen molar-refractivity contribution in [3.8, 4) is 5.75 Å². The summed E-state index contributed by atoms with van der Waals surface area (Å²) in [5.41, 5.74) is 1.08. The Morgan fingerprint density at radius 2 is 1.83 bits per heavy atom. The number of carbonyl (C=O) groups excluding carboxylic acids is 2. The summed E-state index contributed by atoms with van der Waals surface area (Å²) < 4.78 is 5.24. The van der Waals surface area contributed by atoms with Crippen molar-refractivity contribution in [2.24, 2.45) is 0 Å². The summed E-state index contributed by atoms with van der Waals surface area (Å²) in [7, 11) is 0. The van der Waals surface area contributed by atoms with Gasteiger partial charge in [0.25, 0.3) is 0 Å². The summed E-state index contributed by atoms with van der Waals surface area (Å²) >= 11 is 12.1. The Labute approximate surface area is 142 Å². The van der Waals surface area contributed by atoms with Gasteiger partial charge in [0.2, 0.25) is 5.78 Å². The van der Waals surface area contributed by atoms with Crippen LogP contribution >= 0.6 is 23.2 Å². The standard InChI is InChI=1S/C17H11Cl2NO3/c1-9(21)23-17-12-7-6-10(18)8-14(12)20-15(17)16(22)11-4-2-3-5-13(11)19/h2-8,20H,1H3. The highest BCUT2D eigenvalue weighted by Crippen LogP contribution is 2.34. The lowest BCUT2D eigenvalue weighted by Crippen LogP contribution is -2.08. The molecule has 3 aromatic rings. The predicted molar refractivity (Wildman–Crippen MR) is 89.5 cm³/mol. The van der Waals surface area contributed by atoms with Gasteiger partial charge in [0.1, 0.15) is 5.69 Å². The SMILES string of the molecule is CC(=O)Oc1c(C(=O)c2ccccc2Cl)[nH]c2cc(Cl)ccc12. The second kappa shape index (κ2) is 6.07. The fourth-order valence-corrected chi connectivity index (χ4v) is 2.73. The van der Waals surface area contributed by atoms with Gasteiger partial charge in [-0.15, -0.1) is 0 Å². The number of nitrogens with one attached hydrogen (secondary N) is 1. The molecule has 1 N–H and O–H groups in total. The first-order valence-corrected chi connectivity index (χ1v) is 7.52. The lowest BCUT2D eigenvalue weighted by molar-refractivity contribution is -0.131. The topological polar surface area (TPSA) is 59.2 Å². The zero-order chi connectivity index (χ0) is 16.6. The molecule has 0 saturated heterocycles. The Morgan fingerprint density at radius 3 is 2.52 bits per heavy atom. The first kappa shape index (κ1) is 15.6. The van der Waals surface area contributed by atoms with E-state index in [2.05, 4.69) is 4.98 Å². The molecule has 116 valence electrons. The molecule has 23 heavy (non-hydrogen) atoms. The van der Waals surface area contributed by atoms with Crippen LogP contribution in [0.4, 0.5) is 0 Å². The highest BCUT2D eigenvalue weighted by molar-refractivity contribution is 6.35. The van der Waals surface area contributed by atoms with Crippen LogP contribution in [0.3, 0.4) is 0 Å². The van der Waals surface area contributed by atoms with Crippen molar-refractivity contribution in [2.45, 2.75) is 6.92 Å². The van der Waals surface area contributed by atoms with Crippen LogP contribution in [-0.4, -0.2) is 16.7 Å². The summed E-state index contributed by atoms with van der Waals surface area (Å²) in [5.74, 6) is -0.706. The highest BCUT2D eigenvalue weighted by atomic mass is 35.5. The molecular formula is C17H11Cl2NO3. The number of rotatable bonds is 3. The molecule has 2 aromatic carbocycles. The van der Waals surface area contributed by atoms with E-state index in [4.69, 9.17) is 27.9 Å². The summed E-state index contributed by atoms with van der Waals surface area (Å²) in [6, 6.07) is 11.7. The van der Waals surface area contributed by atoms with Crippen molar-refractivity contribution in [3.63, 3.8) is 0 Å². The minimum absolute atomic E-state index is 0.158. The van der Waals surface area contributed by atoms with Crippen LogP contribution in [0.1, 0.15) is 23.0 Å². The molecule has 0 aliphatic carbocycles. The number of esters is 1. The second-order valence-corrected chi connectivity index (χ2v) is 5.77. The number of H-pyrrole nitrogens is 1. The van der Waals surface area contributed by atoms with Gasteiger partial charge in [0.05, 0.1) is 10.5 Å². The van der Waals surface area contributed by atoms with E-state index in [9.17, 15) is 9.59 Å². The van der Waals surface area contributed by atoms with Crippen LogP contribution < -0.4 is 4.74 Å². The molecule has 4 nitrogen and oxygen atoms in total. The third-order valence-electron chi connectivity index (χ3n) is 3.30. The van der Waals surface area contributed by atoms with E-state index < -0.39 is 5.97 Å². The molecule has 0 amide bonds. The lowest BCUT2D eigenvalue weighted by atomic mass is 10.1. The van der Waals surface area contributed by atoms with Crippen molar-refractivity contribution < 1.29 is 14.3 Å². The van der Waals surface area contributed by atoms with Crippen LogP contribution in [0, 0.1) is 0 Å². The van der Waals surface area contributed by atoms with Gasteiger partial charge in [0.15, 0.2) is 5.75 Å². The number of hydrogen-bond acceptors (Lipinski definition) is 3. The Bertz CT molecular complexity index is 931. The maximum Gasteiger partial charge on any atom is 0.308 e. The third-order valence-corrected chi connectivity index (χ3v) is 3.87. The van der Waals surface area contributed by atoms with Gasteiger partial charge in [-0.05, 0) is 30.3 Å². The van der Waals surface area contributed by atoms with E-state index in [0.29, 0.717) is 26.5 Å². The van der Waals surface area contributed by atoms with E-state index in [-0.39, 0.29) is 17.2 Å². The Morgan fingerprint density at radius 1 is 1.09 bits per heavy atom. The smallest absolute Gasteiger partial charge is 0.308 e. The van der Waals surface area contributed by atoms with Crippen LogP contribution in [0.5, 0.6) is 5.75 Å². The van der Waals surface area contributed by atoms with Crippen molar-refractivity contribution in [3.05, 3.63) is 63.8 Å². The Hall–Kier alpha value is -2.30. The quantitative estimate of drug-likeness (QED) is 0.555. The largest absolute Gasteiger partial charge is 0.424 e. The monoisotopic (exact) mass is 347 g/mol. The Balaban J connectivity index is 2.21. The summed E-state index contributed by atoms with van der Waals surface area (Å²) in [4.78, 5) is 27.2. The molecule has 0 bridgehead atoms. The highest BCUT2D eigenvalue weighted by Gasteiger charge is 2.23. The number of hydrogen-bond donors (Lipinski definition) is 1. The first-order chi connectivity index (χ1) is 11.0. The van der Waals surface area contributed by atoms with Crippen LogP contribution in [-0.2, 0) is 4.79 Å². The average molecular weight is 348 g/mol. The maximum absolute atomic E-state index is 12.8. The van der Waals surface area contributed by atoms with Gasteiger partial charge in [0, 0.05) is 22.9 Å². The molecule has 6 heteroatoms. The number of ketones is 1. The van der Waals surface area contributed by atoms with E-state index >= 15 is 0 Å². The number of aromatic amines is 1. The van der Waals surface area contributed by atoms with Gasteiger partial charge in [-0.1, -0.05) is 35.3 Å². The van der Waals surface area contributed by atoms with Gasteiger partial charge in [-0.2, -0.15) is 0 Å². The van der Waals surface area contributed by atoms with Crippen molar-refractivity contribution >= 4 is 45.9 Å². The molecule has 0 fully saturated rings. The fraction of sp³-hybridized carbons (Fsp3) is 0.0588. The molecule has 0 unspecified atom stereocenters. The summed E-state index contributed by atoms with van der Waals surface area (Å²) in [6.07, 6.45) is 0. The predicted octanol–water partition coefficient (Wildman–Crippen LogP) is 4.63. The normalized spacial score (nSPS) is 10.7. The molecule has 3 rings (SSSR count). The summed E-state index contributed by atoms with van der Waals surface area (Å²) in [5, 5.41) is 1.42. The van der Waals surface area contributed by atoms with Gasteiger partial charge in [-0.3, -0.25) is 9.59 Å². The third kappa shape index (κ3) is 2.96. The first-order valence-electron chi connectivity index (χ1n) is 6.76. The van der Waals surface area contributed by atoms with Crippen molar-refractivity contribution in [1.29, 1.82) is 0 Å². The number of halogens is 2. The van der Waals surface area contributed by atoms with E-state index in [1.165, 1.54) is 6.92 Å².